The van der Waals surface area contributed by atoms with Crippen LogP contribution in [0.25, 0.3) is 0 Å². The molecule has 2 heterocycles. The molecule has 4 rings (SSSR count). The van der Waals surface area contributed by atoms with Crippen molar-refractivity contribution in [2.45, 2.75) is 45.3 Å². The Morgan fingerprint density at radius 2 is 1.89 bits per heavy atom. The first-order valence-electron chi connectivity index (χ1n) is 11.9. The standard InChI is InChI=1S/C27H32FN3O6.ClH/c1-27(2,3)17-7-14(8-18-24(17)37-16(10-21(33)34)12-30(18)4)19(32)13-31-11-15-9-20(35-5)25(36-6)23(28)22(15)26(31)29;/h7-9,16,29H,10-13H2,1-6H3,(H,33,34);1H. The van der Waals surface area contributed by atoms with Crippen LogP contribution in [0, 0.1) is 11.2 Å². The molecular formula is C27H33ClFN3O6. The molecule has 0 saturated carbocycles. The smallest absolute Gasteiger partial charge is 0.307 e. The van der Waals surface area contributed by atoms with Crippen LogP contribution >= 0.6 is 12.4 Å². The molecule has 1 atom stereocenters. The van der Waals surface area contributed by atoms with E-state index >= 15 is 4.39 Å². The third-order valence-electron chi connectivity index (χ3n) is 6.72. The van der Waals surface area contributed by atoms with Gasteiger partial charge in [-0.15, -0.1) is 12.4 Å². The number of carboxylic acids is 1. The number of hydrogen-bond donors (Lipinski definition) is 2. The topological polar surface area (TPSA) is 112 Å². The number of nitrogens with zero attached hydrogens (tertiary/aromatic N) is 2. The average molecular weight is 550 g/mol. The van der Waals surface area contributed by atoms with Gasteiger partial charge in [0.2, 0.25) is 0 Å². The fourth-order valence-corrected chi connectivity index (χ4v) is 4.87. The Balaban J connectivity index is 0.00000400. The third-order valence-corrected chi connectivity index (χ3v) is 6.72. The SMILES string of the molecule is COc1cc2c(c(F)c1OC)C(=N)N(CC(=O)c1cc3c(c(C(C)(C)C)c1)OC(CC(=O)O)CN3C)C2.Cl. The summed E-state index contributed by atoms with van der Waals surface area (Å²) in [7, 11) is 4.59. The van der Waals surface area contributed by atoms with E-state index in [1.807, 2.05) is 32.7 Å². The van der Waals surface area contributed by atoms with Crippen molar-refractivity contribution >= 4 is 35.7 Å². The zero-order chi connectivity index (χ0) is 27.2. The van der Waals surface area contributed by atoms with Gasteiger partial charge in [-0.05, 0) is 29.2 Å². The summed E-state index contributed by atoms with van der Waals surface area (Å²) in [5.74, 6) is -1.21. The zero-order valence-corrected chi connectivity index (χ0v) is 23.1. The Hall–Kier alpha value is -3.53. The highest BCUT2D eigenvalue weighted by Gasteiger charge is 2.35. The monoisotopic (exact) mass is 549 g/mol. The summed E-state index contributed by atoms with van der Waals surface area (Å²) < 4.78 is 31.6. The van der Waals surface area contributed by atoms with Crippen LogP contribution in [0.4, 0.5) is 10.1 Å². The maximum atomic E-state index is 15.1. The van der Waals surface area contributed by atoms with Crippen LogP contribution in [-0.2, 0) is 16.8 Å². The van der Waals surface area contributed by atoms with E-state index in [4.69, 9.17) is 19.6 Å². The molecular weight excluding hydrogens is 517 g/mol. The fraction of sp³-hybridized carbons (Fsp3) is 0.444. The summed E-state index contributed by atoms with van der Waals surface area (Å²) in [5, 5.41) is 17.8. The quantitative estimate of drug-likeness (QED) is 0.493. The second-order valence-corrected chi connectivity index (χ2v) is 10.4. The van der Waals surface area contributed by atoms with Gasteiger partial charge in [0.25, 0.3) is 0 Å². The van der Waals surface area contributed by atoms with Gasteiger partial charge in [0.1, 0.15) is 17.7 Å². The van der Waals surface area contributed by atoms with E-state index in [2.05, 4.69) is 0 Å². The van der Waals surface area contributed by atoms with Gasteiger partial charge >= 0.3 is 5.97 Å². The Labute approximate surface area is 227 Å². The molecule has 38 heavy (non-hydrogen) atoms. The molecule has 11 heteroatoms. The van der Waals surface area contributed by atoms with Crippen LogP contribution < -0.4 is 19.1 Å². The highest BCUT2D eigenvalue weighted by Crippen LogP contribution is 2.43. The fourth-order valence-electron chi connectivity index (χ4n) is 4.87. The lowest BCUT2D eigenvalue weighted by Gasteiger charge is -2.37. The van der Waals surface area contributed by atoms with Crippen molar-refractivity contribution < 1.29 is 33.3 Å². The molecule has 0 bridgehead atoms. The summed E-state index contributed by atoms with van der Waals surface area (Å²) in [6.45, 7) is 6.43. The van der Waals surface area contributed by atoms with Crippen molar-refractivity contribution in [1.29, 1.82) is 5.41 Å². The molecule has 2 aromatic carbocycles. The lowest BCUT2D eigenvalue weighted by atomic mass is 9.83. The van der Waals surface area contributed by atoms with Crippen molar-refractivity contribution in [1.82, 2.24) is 4.90 Å². The van der Waals surface area contributed by atoms with Gasteiger partial charge in [-0.2, -0.15) is 0 Å². The Kier molecular flexibility index (Phi) is 8.16. The number of amidine groups is 1. The average Bonchev–Trinajstić information content (AvgIpc) is 3.12. The van der Waals surface area contributed by atoms with Crippen molar-refractivity contribution in [3.8, 4) is 17.2 Å². The number of aliphatic carboxylic acids is 1. The van der Waals surface area contributed by atoms with Gasteiger partial charge in [-0.3, -0.25) is 15.0 Å². The third kappa shape index (κ3) is 5.22. The molecule has 1 unspecified atom stereocenters. The molecule has 2 aliphatic heterocycles. The van der Waals surface area contributed by atoms with E-state index in [0.717, 1.165) is 5.56 Å². The van der Waals surface area contributed by atoms with E-state index in [0.29, 0.717) is 29.1 Å². The number of carbonyl (C=O) groups excluding carboxylic acids is 1. The van der Waals surface area contributed by atoms with Crippen molar-refractivity contribution in [3.63, 3.8) is 0 Å². The number of carbonyl (C=O) groups is 2. The van der Waals surface area contributed by atoms with Gasteiger partial charge in [0.15, 0.2) is 23.1 Å². The molecule has 0 radical (unpaired) electrons. The number of carboxylic acid groups (broad SMARTS) is 1. The lowest BCUT2D eigenvalue weighted by Crippen LogP contribution is -2.40. The number of benzene rings is 2. The summed E-state index contributed by atoms with van der Waals surface area (Å²) in [6, 6.07) is 5.15. The normalized spacial score (nSPS) is 16.3. The Bertz CT molecular complexity index is 1290. The predicted octanol–water partition coefficient (Wildman–Crippen LogP) is 4.26. The van der Waals surface area contributed by atoms with E-state index in [9.17, 15) is 14.7 Å². The molecule has 0 amide bonds. The van der Waals surface area contributed by atoms with Crippen molar-refractivity contribution in [2.24, 2.45) is 0 Å². The van der Waals surface area contributed by atoms with Crippen LogP contribution in [0.3, 0.4) is 0 Å². The molecule has 2 aromatic rings. The molecule has 0 saturated heterocycles. The van der Waals surface area contributed by atoms with E-state index in [1.165, 1.54) is 19.1 Å². The van der Waals surface area contributed by atoms with Crippen molar-refractivity contribution in [3.05, 3.63) is 46.3 Å². The Morgan fingerprint density at radius 3 is 2.47 bits per heavy atom. The minimum Gasteiger partial charge on any atom is -0.493 e. The molecule has 0 fully saturated rings. The first kappa shape index (κ1) is 29.0. The number of halogens is 2. The molecule has 9 nitrogen and oxygen atoms in total. The highest BCUT2D eigenvalue weighted by molar-refractivity contribution is 6.06. The van der Waals surface area contributed by atoms with E-state index in [-0.39, 0.29) is 66.0 Å². The zero-order valence-electron chi connectivity index (χ0n) is 22.3. The van der Waals surface area contributed by atoms with E-state index < -0.39 is 17.9 Å². The number of likely N-dealkylation sites (N-methyl/N-ethyl adjacent to an activating group) is 1. The highest BCUT2D eigenvalue weighted by atomic mass is 35.5. The van der Waals surface area contributed by atoms with Gasteiger partial charge in [-0.25, -0.2) is 4.39 Å². The number of Topliss-reactive ketones (excluding diaryl/α,β-unsaturated/α-hetero) is 1. The second kappa shape index (κ2) is 10.7. The number of anilines is 1. The summed E-state index contributed by atoms with van der Waals surface area (Å²) in [5.41, 5.74) is 2.19. The Morgan fingerprint density at radius 1 is 1.21 bits per heavy atom. The predicted molar refractivity (Wildman–Crippen MR) is 143 cm³/mol. The van der Waals surface area contributed by atoms with Crippen molar-refractivity contribution in [2.75, 3.05) is 39.3 Å². The molecule has 206 valence electrons. The number of fused-ring (bicyclic) bond motifs is 2. The lowest BCUT2D eigenvalue weighted by molar-refractivity contribution is -0.138. The number of ketones is 1. The van der Waals surface area contributed by atoms with Gasteiger partial charge in [0, 0.05) is 24.7 Å². The van der Waals surface area contributed by atoms with Gasteiger partial charge < -0.3 is 29.1 Å². The molecule has 2 N–H and O–H groups in total. The second-order valence-electron chi connectivity index (χ2n) is 10.4. The largest absolute Gasteiger partial charge is 0.493 e. The maximum absolute atomic E-state index is 15.1. The van der Waals surface area contributed by atoms with Crippen LogP contribution in [0.15, 0.2) is 18.2 Å². The molecule has 2 aliphatic rings. The number of methoxy groups -OCH3 is 2. The maximum Gasteiger partial charge on any atom is 0.307 e. The number of nitrogens with one attached hydrogen (secondary N) is 1. The first-order chi connectivity index (χ1) is 17.3. The van der Waals surface area contributed by atoms with Crippen LogP contribution in [0.2, 0.25) is 0 Å². The number of hydrogen-bond acceptors (Lipinski definition) is 7. The van der Waals surface area contributed by atoms with Gasteiger partial charge in [0.05, 0.1) is 45.0 Å². The van der Waals surface area contributed by atoms with Gasteiger partial charge in [-0.1, -0.05) is 20.8 Å². The van der Waals surface area contributed by atoms with Crippen LogP contribution in [-0.4, -0.2) is 68.1 Å². The van der Waals surface area contributed by atoms with Crippen LogP contribution in [0.5, 0.6) is 17.2 Å². The summed E-state index contributed by atoms with van der Waals surface area (Å²) in [4.78, 5) is 28.2. The molecule has 0 aliphatic carbocycles. The summed E-state index contributed by atoms with van der Waals surface area (Å²) >= 11 is 0. The molecule has 0 spiro atoms. The summed E-state index contributed by atoms with van der Waals surface area (Å²) in [6.07, 6.45) is -0.636. The number of rotatable bonds is 7. The number of ether oxygens (including phenoxy) is 3. The first-order valence-corrected chi connectivity index (χ1v) is 11.9. The minimum atomic E-state index is -0.938. The molecule has 0 aromatic heterocycles. The van der Waals surface area contributed by atoms with E-state index in [1.54, 1.807) is 18.2 Å². The minimum absolute atomic E-state index is 0. The van der Waals surface area contributed by atoms with Crippen LogP contribution in [0.1, 0.15) is 54.2 Å².